The molecule has 0 bridgehead atoms. The minimum Gasteiger partial charge on any atom is -0.486 e. The smallest absolute Gasteiger partial charge is 0.264 e. The van der Waals surface area contributed by atoms with Crippen molar-refractivity contribution < 1.29 is 13.9 Å². The van der Waals surface area contributed by atoms with Crippen molar-refractivity contribution in [3.63, 3.8) is 0 Å². The second-order valence-corrected chi connectivity index (χ2v) is 8.39. The normalized spacial score (nSPS) is 16.0. The molecule has 1 fully saturated rings. The van der Waals surface area contributed by atoms with E-state index >= 15 is 0 Å². The molecule has 1 heterocycles. The van der Waals surface area contributed by atoms with Crippen molar-refractivity contribution in [3.8, 4) is 5.75 Å². The first kappa shape index (κ1) is 21.4. The maximum Gasteiger partial charge on any atom is 0.264 e. The highest BCUT2D eigenvalue weighted by molar-refractivity contribution is 8.18. The summed E-state index contributed by atoms with van der Waals surface area (Å²) in [6, 6.07) is 18.7. The Kier molecular flexibility index (Phi) is 6.61. The molecule has 0 aromatic heterocycles. The summed E-state index contributed by atoms with van der Waals surface area (Å²) >= 11 is 13.9. The Morgan fingerprint density at radius 1 is 1.03 bits per heavy atom. The monoisotopic (exact) mass is 472 g/mol. The fraction of sp³-hybridized carbons (Fsp3) is 0.0435. The van der Waals surface area contributed by atoms with Gasteiger partial charge in [-0.2, -0.15) is 0 Å². The number of para-hydroxylation sites is 1. The summed E-state index contributed by atoms with van der Waals surface area (Å²) in [4.78, 5) is 17.2. The summed E-state index contributed by atoms with van der Waals surface area (Å²) in [5.41, 5.74) is 2.05. The zero-order chi connectivity index (χ0) is 21.8. The third-order valence-electron chi connectivity index (χ3n) is 4.23. The zero-order valence-electron chi connectivity index (χ0n) is 15.9. The van der Waals surface area contributed by atoms with Crippen LogP contribution in [0.3, 0.4) is 0 Å². The van der Waals surface area contributed by atoms with Gasteiger partial charge in [-0.1, -0.05) is 53.5 Å². The molecule has 1 amide bonds. The van der Waals surface area contributed by atoms with Crippen LogP contribution in [0.1, 0.15) is 11.1 Å². The Hall–Kier alpha value is -2.80. The van der Waals surface area contributed by atoms with E-state index in [1.54, 1.807) is 30.3 Å². The van der Waals surface area contributed by atoms with Gasteiger partial charge in [-0.25, -0.2) is 9.38 Å². The van der Waals surface area contributed by atoms with Gasteiger partial charge < -0.3 is 10.1 Å². The van der Waals surface area contributed by atoms with E-state index in [4.69, 9.17) is 27.9 Å². The lowest BCUT2D eigenvalue weighted by Gasteiger charge is -2.11. The molecule has 156 valence electrons. The molecule has 1 aliphatic rings. The Labute approximate surface area is 192 Å². The lowest BCUT2D eigenvalue weighted by atomic mass is 10.2. The number of nitrogens with zero attached hydrogens (tertiary/aromatic N) is 1. The molecule has 4 rings (SSSR count). The number of carbonyl (C=O) groups excluding carboxylic acids is 1. The first-order chi connectivity index (χ1) is 15.0. The van der Waals surface area contributed by atoms with Crippen molar-refractivity contribution >= 4 is 57.8 Å². The number of amides is 1. The number of thioether (sulfide) groups is 1. The molecule has 0 radical (unpaired) electrons. The van der Waals surface area contributed by atoms with E-state index in [-0.39, 0.29) is 28.4 Å². The third-order valence-corrected chi connectivity index (χ3v) is 5.70. The van der Waals surface area contributed by atoms with E-state index in [0.717, 1.165) is 5.69 Å². The van der Waals surface area contributed by atoms with Gasteiger partial charge >= 0.3 is 0 Å². The standard InChI is InChI=1S/C23H15Cl2FN2O2S/c24-18-10-15(11-19(25)21(18)30-13-14-5-4-6-16(26)9-14)12-20-22(29)28-23(31-20)27-17-7-2-1-3-8-17/h1-12H,13H2,(H,27,28,29). The Bertz CT molecular complexity index is 1180. The van der Waals surface area contributed by atoms with Gasteiger partial charge in [0.2, 0.25) is 0 Å². The van der Waals surface area contributed by atoms with Crippen LogP contribution in [0.4, 0.5) is 10.1 Å². The summed E-state index contributed by atoms with van der Waals surface area (Å²) in [5, 5.41) is 3.81. The predicted molar refractivity (Wildman–Crippen MR) is 124 cm³/mol. The van der Waals surface area contributed by atoms with Crippen LogP contribution in [0.25, 0.3) is 6.08 Å². The highest BCUT2D eigenvalue weighted by atomic mass is 35.5. The summed E-state index contributed by atoms with van der Waals surface area (Å²) in [5.74, 6) is -0.300. The average molecular weight is 473 g/mol. The number of aliphatic imine (C=N–C) groups is 1. The van der Waals surface area contributed by atoms with Crippen LogP contribution in [-0.2, 0) is 11.4 Å². The average Bonchev–Trinajstić information content (AvgIpc) is 3.06. The SMILES string of the molecule is O=C1NC(=Nc2ccccc2)SC1=Cc1cc(Cl)c(OCc2cccc(F)c2)c(Cl)c1. The topological polar surface area (TPSA) is 50.7 Å². The van der Waals surface area contributed by atoms with Crippen LogP contribution in [-0.4, -0.2) is 11.1 Å². The zero-order valence-corrected chi connectivity index (χ0v) is 18.3. The van der Waals surface area contributed by atoms with Gasteiger partial charge in [0.15, 0.2) is 10.9 Å². The lowest BCUT2D eigenvalue weighted by molar-refractivity contribution is -0.115. The number of nitrogens with one attached hydrogen (secondary N) is 1. The number of rotatable bonds is 5. The van der Waals surface area contributed by atoms with Gasteiger partial charge in [-0.05, 0) is 65.4 Å². The number of ether oxygens (including phenoxy) is 1. The van der Waals surface area contributed by atoms with E-state index in [0.29, 0.717) is 26.9 Å². The Morgan fingerprint density at radius 2 is 1.77 bits per heavy atom. The lowest BCUT2D eigenvalue weighted by Crippen LogP contribution is -2.19. The van der Waals surface area contributed by atoms with Gasteiger partial charge in [0.05, 0.1) is 20.6 Å². The molecule has 0 saturated carbocycles. The Balaban J connectivity index is 1.50. The first-order valence-electron chi connectivity index (χ1n) is 9.19. The molecule has 0 spiro atoms. The number of benzene rings is 3. The van der Waals surface area contributed by atoms with Crippen LogP contribution in [0, 0.1) is 5.82 Å². The molecule has 3 aromatic carbocycles. The largest absolute Gasteiger partial charge is 0.486 e. The molecule has 0 aliphatic carbocycles. The molecule has 4 nitrogen and oxygen atoms in total. The van der Waals surface area contributed by atoms with Gasteiger partial charge in [-0.15, -0.1) is 0 Å². The number of amidine groups is 1. The molecule has 31 heavy (non-hydrogen) atoms. The minimum atomic E-state index is -0.345. The maximum atomic E-state index is 13.3. The van der Waals surface area contributed by atoms with Crippen LogP contribution < -0.4 is 10.1 Å². The van der Waals surface area contributed by atoms with E-state index in [2.05, 4.69) is 10.3 Å². The number of halogens is 3. The highest BCUT2D eigenvalue weighted by Crippen LogP contribution is 2.36. The molecular weight excluding hydrogens is 458 g/mol. The molecule has 0 unspecified atom stereocenters. The van der Waals surface area contributed by atoms with Crippen molar-refractivity contribution in [1.29, 1.82) is 0 Å². The molecule has 1 saturated heterocycles. The summed E-state index contributed by atoms with van der Waals surface area (Å²) in [7, 11) is 0. The highest BCUT2D eigenvalue weighted by Gasteiger charge is 2.24. The Morgan fingerprint density at radius 3 is 2.48 bits per heavy atom. The van der Waals surface area contributed by atoms with Gasteiger partial charge in [0.25, 0.3) is 5.91 Å². The van der Waals surface area contributed by atoms with Crippen LogP contribution in [0.5, 0.6) is 5.75 Å². The molecule has 0 atom stereocenters. The number of hydrogen-bond donors (Lipinski definition) is 1. The molecule has 3 aromatic rings. The fourth-order valence-electron chi connectivity index (χ4n) is 2.83. The van der Waals surface area contributed by atoms with Crippen molar-refractivity contribution in [2.24, 2.45) is 4.99 Å². The molecule has 1 aliphatic heterocycles. The summed E-state index contributed by atoms with van der Waals surface area (Å²) < 4.78 is 19.0. The summed E-state index contributed by atoms with van der Waals surface area (Å²) in [6.45, 7) is 0.120. The van der Waals surface area contributed by atoms with E-state index in [9.17, 15) is 9.18 Å². The van der Waals surface area contributed by atoms with Crippen molar-refractivity contribution in [1.82, 2.24) is 5.32 Å². The third kappa shape index (κ3) is 5.47. The number of carbonyl (C=O) groups is 1. The quantitative estimate of drug-likeness (QED) is 0.425. The van der Waals surface area contributed by atoms with E-state index in [1.165, 1.54) is 23.9 Å². The van der Waals surface area contributed by atoms with E-state index in [1.807, 2.05) is 30.3 Å². The maximum absolute atomic E-state index is 13.3. The van der Waals surface area contributed by atoms with Gasteiger partial charge in [0, 0.05) is 0 Å². The molecular formula is C23H15Cl2FN2O2S. The number of hydrogen-bond acceptors (Lipinski definition) is 4. The summed E-state index contributed by atoms with van der Waals surface area (Å²) in [6.07, 6.45) is 1.68. The fourth-order valence-corrected chi connectivity index (χ4v) is 4.29. The second-order valence-electron chi connectivity index (χ2n) is 6.55. The molecule has 1 N–H and O–H groups in total. The van der Waals surface area contributed by atoms with Gasteiger partial charge in [0.1, 0.15) is 12.4 Å². The van der Waals surface area contributed by atoms with Gasteiger partial charge in [-0.3, -0.25) is 4.79 Å². The van der Waals surface area contributed by atoms with Crippen molar-refractivity contribution in [2.75, 3.05) is 0 Å². The van der Waals surface area contributed by atoms with Crippen molar-refractivity contribution in [3.05, 3.63) is 98.6 Å². The predicted octanol–water partition coefficient (Wildman–Crippen LogP) is 6.60. The van der Waals surface area contributed by atoms with Crippen LogP contribution in [0.15, 0.2) is 76.6 Å². The molecule has 8 heteroatoms. The first-order valence-corrected chi connectivity index (χ1v) is 10.8. The van der Waals surface area contributed by atoms with Crippen LogP contribution in [0.2, 0.25) is 10.0 Å². The van der Waals surface area contributed by atoms with Crippen LogP contribution >= 0.6 is 35.0 Å². The second kappa shape index (κ2) is 9.56. The van der Waals surface area contributed by atoms with E-state index < -0.39 is 0 Å². The van der Waals surface area contributed by atoms with Crippen molar-refractivity contribution in [2.45, 2.75) is 6.61 Å². The minimum absolute atomic E-state index is 0.120.